The molecule has 0 amide bonds. The molecular formula is C22H17N3O2. The van der Waals surface area contributed by atoms with Gasteiger partial charge in [-0.3, -0.25) is 4.98 Å². The lowest BCUT2D eigenvalue weighted by atomic mass is 9.83. The topological polar surface area (TPSA) is 67.5 Å². The number of aromatic nitrogens is 1. The molecule has 5 nitrogen and oxygen atoms in total. The van der Waals surface area contributed by atoms with Gasteiger partial charge in [0.1, 0.15) is 17.2 Å². The van der Waals surface area contributed by atoms with E-state index in [1.54, 1.807) is 6.20 Å². The molecular weight excluding hydrogens is 338 g/mol. The number of hydrogen-bond donors (Lipinski definition) is 0. The first-order chi connectivity index (χ1) is 13.3. The zero-order valence-corrected chi connectivity index (χ0v) is 14.8. The molecule has 0 spiro atoms. The van der Waals surface area contributed by atoms with E-state index in [-0.39, 0.29) is 11.8 Å². The molecule has 1 aliphatic heterocycles. The van der Waals surface area contributed by atoms with E-state index in [0.29, 0.717) is 17.9 Å². The number of benzene rings is 2. The number of rotatable bonds is 4. The zero-order chi connectivity index (χ0) is 18.6. The molecule has 0 saturated carbocycles. The van der Waals surface area contributed by atoms with Crippen molar-refractivity contribution in [1.29, 1.82) is 5.26 Å². The molecule has 4 rings (SSSR count). The summed E-state index contributed by atoms with van der Waals surface area (Å²) in [7, 11) is 0. The normalized spacial score (nSPS) is 16.1. The smallest absolute Gasteiger partial charge is 0.236 e. The van der Waals surface area contributed by atoms with Crippen molar-refractivity contribution >= 4 is 17.3 Å². The predicted molar refractivity (Wildman–Crippen MR) is 103 cm³/mol. The number of nitrogens with zero attached hydrogens (tertiary/aromatic N) is 3. The molecule has 0 radical (unpaired) electrons. The first-order valence-corrected chi connectivity index (χ1v) is 8.72. The lowest BCUT2D eigenvalue weighted by molar-refractivity contribution is 0.336. The number of ether oxygens (including phenoxy) is 2. The molecule has 0 bridgehead atoms. The minimum atomic E-state index is -0.278. The third kappa shape index (κ3) is 3.02. The highest BCUT2D eigenvalue weighted by atomic mass is 16.5. The first kappa shape index (κ1) is 16.8. The number of fused-ring (bicyclic) bond motifs is 3. The van der Waals surface area contributed by atoms with E-state index >= 15 is 0 Å². The van der Waals surface area contributed by atoms with Crippen LogP contribution in [0.15, 0.2) is 77.2 Å². The lowest BCUT2D eigenvalue weighted by Gasteiger charge is -2.27. The van der Waals surface area contributed by atoms with Crippen molar-refractivity contribution in [2.75, 3.05) is 6.61 Å². The second-order valence-corrected chi connectivity index (χ2v) is 6.03. The van der Waals surface area contributed by atoms with Gasteiger partial charge in [-0.25, -0.2) is 0 Å². The minimum absolute atomic E-state index is 0.241. The minimum Gasteiger partial charge on any atom is -0.483 e. The molecule has 132 valence electrons. The fourth-order valence-electron chi connectivity index (χ4n) is 3.26. The molecule has 1 aromatic heterocycles. The Kier molecular flexibility index (Phi) is 4.54. The van der Waals surface area contributed by atoms with Gasteiger partial charge in [-0.05, 0) is 18.6 Å². The molecule has 2 heterocycles. The highest BCUT2D eigenvalue weighted by molar-refractivity contribution is 5.87. The molecule has 5 heteroatoms. The number of hydrogen-bond acceptors (Lipinski definition) is 5. The Morgan fingerprint density at radius 3 is 2.81 bits per heavy atom. The number of allylic oxidation sites excluding steroid dienone is 1. The standard InChI is InChI=1S/C22H17N3O2/c1-2-26-14-25-22-18(13-23)19(15-7-4-3-5-8-15)17-11-10-16-9-6-12-24-20(16)21(17)27-22/h3-12,14,19H,2H2,1H3/b25-14+. The van der Waals surface area contributed by atoms with E-state index in [0.717, 1.165) is 22.0 Å². The summed E-state index contributed by atoms with van der Waals surface area (Å²) in [6, 6.07) is 20.0. The molecule has 27 heavy (non-hydrogen) atoms. The van der Waals surface area contributed by atoms with Crippen LogP contribution in [0, 0.1) is 11.3 Å². The summed E-state index contributed by atoms with van der Waals surface area (Å²) in [4.78, 5) is 8.76. The largest absolute Gasteiger partial charge is 0.483 e. The van der Waals surface area contributed by atoms with Gasteiger partial charge in [-0.1, -0.05) is 48.5 Å². The van der Waals surface area contributed by atoms with Crippen LogP contribution in [0.25, 0.3) is 10.9 Å². The van der Waals surface area contributed by atoms with E-state index < -0.39 is 0 Å². The highest BCUT2D eigenvalue weighted by Gasteiger charge is 2.32. The summed E-state index contributed by atoms with van der Waals surface area (Å²) >= 11 is 0. The summed E-state index contributed by atoms with van der Waals surface area (Å²) in [6.45, 7) is 2.36. The summed E-state index contributed by atoms with van der Waals surface area (Å²) in [5, 5.41) is 10.8. The second-order valence-electron chi connectivity index (χ2n) is 6.03. The Labute approximate surface area is 157 Å². The second kappa shape index (κ2) is 7.30. The summed E-state index contributed by atoms with van der Waals surface area (Å²) in [5.74, 6) is 0.593. The SMILES string of the molecule is CCO/C=N/C1=C(C#N)C(c2ccccc2)c2ccc3cccnc3c2O1. The molecule has 1 unspecified atom stereocenters. The maximum atomic E-state index is 9.87. The molecule has 0 fully saturated rings. The van der Waals surface area contributed by atoms with E-state index in [2.05, 4.69) is 16.0 Å². The predicted octanol–water partition coefficient (Wildman–Crippen LogP) is 4.56. The third-order valence-electron chi connectivity index (χ3n) is 4.45. The van der Waals surface area contributed by atoms with Gasteiger partial charge in [-0.15, -0.1) is 0 Å². The van der Waals surface area contributed by atoms with Crippen molar-refractivity contribution in [1.82, 2.24) is 4.98 Å². The van der Waals surface area contributed by atoms with E-state index in [4.69, 9.17) is 9.47 Å². The van der Waals surface area contributed by atoms with Gasteiger partial charge in [0.25, 0.3) is 0 Å². The van der Waals surface area contributed by atoms with Crippen LogP contribution in [-0.4, -0.2) is 18.0 Å². The van der Waals surface area contributed by atoms with Crippen LogP contribution in [0.3, 0.4) is 0 Å². The van der Waals surface area contributed by atoms with E-state index in [1.165, 1.54) is 6.40 Å². The fourth-order valence-corrected chi connectivity index (χ4v) is 3.26. The van der Waals surface area contributed by atoms with Crippen LogP contribution < -0.4 is 4.74 Å². The van der Waals surface area contributed by atoms with Gasteiger partial charge in [0.15, 0.2) is 12.2 Å². The maximum absolute atomic E-state index is 9.87. The summed E-state index contributed by atoms with van der Waals surface area (Å²) in [6.07, 6.45) is 3.05. The van der Waals surface area contributed by atoms with Crippen LogP contribution >= 0.6 is 0 Å². The van der Waals surface area contributed by atoms with Crippen LogP contribution in [0.4, 0.5) is 0 Å². The van der Waals surface area contributed by atoms with Crippen LogP contribution in [0.5, 0.6) is 5.75 Å². The molecule has 3 aromatic rings. The van der Waals surface area contributed by atoms with Gasteiger partial charge >= 0.3 is 0 Å². The molecule has 0 saturated heterocycles. The Morgan fingerprint density at radius 1 is 1.19 bits per heavy atom. The lowest BCUT2D eigenvalue weighted by Crippen LogP contribution is -2.16. The van der Waals surface area contributed by atoms with Crippen LogP contribution in [-0.2, 0) is 4.74 Å². The Morgan fingerprint density at radius 2 is 2.04 bits per heavy atom. The molecule has 1 atom stereocenters. The van der Waals surface area contributed by atoms with E-state index in [1.807, 2.05) is 61.5 Å². The quantitative estimate of drug-likeness (QED) is 0.508. The zero-order valence-electron chi connectivity index (χ0n) is 14.8. The number of nitriles is 1. The number of aliphatic imine (C=N–C) groups is 1. The Hall–Kier alpha value is -3.65. The molecule has 0 N–H and O–H groups in total. The van der Waals surface area contributed by atoms with Gasteiger partial charge in [0, 0.05) is 17.1 Å². The van der Waals surface area contributed by atoms with Crippen molar-refractivity contribution in [2.24, 2.45) is 4.99 Å². The van der Waals surface area contributed by atoms with Crippen LogP contribution in [0.1, 0.15) is 24.0 Å². The maximum Gasteiger partial charge on any atom is 0.236 e. The van der Waals surface area contributed by atoms with Crippen molar-refractivity contribution < 1.29 is 9.47 Å². The first-order valence-electron chi connectivity index (χ1n) is 8.72. The summed E-state index contributed by atoms with van der Waals surface area (Å²) in [5.41, 5.74) is 3.09. The Balaban J connectivity index is 1.96. The molecule has 1 aliphatic rings. The molecule has 0 aliphatic carbocycles. The number of pyridine rings is 1. The summed E-state index contributed by atoms with van der Waals surface area (Å²) < 4.78 is 11.3. The average Bonchev–Trinajstić information content (AvgIpc) is 2.73. The highest BCUT2D eigenvalue weighted by Crippen LogP contribution is 2.45. The Bertz CT molecular complexity index is 1080. The van der Waals surface area contributed by atoms with Crippen molar-refractivity contribution in [3.8, 4) is 11.8 Å². The molecule has 2 aromatic carbocycles. The fraction of sp³-hybridized carbons (Fsp3) is 0.136. The van der Waals surface area contributed by atoms with Crippen molar-refractivity contribution in [2.45, 2.75) is 12.8 Å². The monoisotopic (exact) mass is 355 g/mol. The van der Waals surface area contributed by atoms with E-state index in [9.17, 15) is 5.26 Å². The van der Waals surface area contributed by atoms with Gasteiger partial charge in [-0.2, -0.15) is 10.3 Å². The van der Waals surface area contributed by atoms with Crippen molar-refractivity contribution in [3.05, 3.63) is 83.4 Å². The third-order valence-corrected chi connectivity index (χ3v) is 4.45. The van der Waals surface area contributed by atoms with Crippen molar-refractivity contribution in [3.63, 3.8) is 0 Å². The van der Waals surface area contributed by atoms with Crippen LogP contribution in [0.2, 0.25) is 0 Å². The van der Waals surface area contributed by atoms with Gasteiger partial charge in [0.2, 0.25) is 5.88 Å². The van der Waals surface area contributed by atoms with Gasteiger partial charge < -0.3 is 9.47 Å². The van der Waals surface area contributed by atoms with Gasteiger partial charge in [0.05, 0.1) is 12.5 Å². The average molecular weight is 355 g/mol.